The van der Waals surface area contributed by atoms with E-state index in [1.807, 2.05) is 32.0 Å². The number of primary sulfonamides is 1. The minimum atomic E-state index is -3.70. The van der Waals surface area contributed by atoms with Crippen molar-refractivity contribution in [1.82, 2.24) is 5.32 Å². The molecule has 156 valence electrons. The number of nitrogens with two attached hydrogens (primary N) is 1. The van der Waals surface area contributed by atoms with Crippen LogP contribution in [0.3, 0.4) is 0 Å². The normalized spacial score (nSPS) is 14.7. The highest BCUT2D eigenvalue weighted by Gasteiger charge is 2.32. The van der Waals surface area contributed by atoms with Crippen LogP contribution in [0.4, 0.5) is 0 Å². The lowest BCUT2D eigenvalue weighted by molar-refractivity contribution is -0.121. The van der Waals surface area contributed by atoms with Crippen LogP contribution in [-0.2, 0) is 27.7 Å². The third-order valence-corrected chi connectivity index (χ3v) is 5.56. The Morgan fingerprint density at radius 2 is 1.93 bits per heavy atom. The molecule has 8 heteroatoms. The molecule has 29 heavy (non-hydrogen) atoms. The maximum atomic E-state index is 12.0. The number of para-hydroxylation sites is 1. The fourth-order valence-electron chi connectivity index (χ4n) is 3.24. The van der Waals surface area contributed by atoms with Crippen molar-refractivity contribution in [2.75, 3.05) is 13.2 Å². The van der Waals surface area contributed by atoms with Gasteiger partial charge in [-0.25, -0.2) is 13.6 Å². The summed E-state index contributed by atoms with van der Waals surface area (Å²) in [5, 5.41) is 7.89. The van der Waals surface area contributed by atoms with Crippen molar-refractivity contribution in [3.63, 3.8) is 0 Å². The molecule has 3 N–H and O–H groups in total. The van der Waals surface area contributed by atoms with Gasteiger partial charge >= 0.3 is 0 Å². The molecule has 0 aliphatic carbocycles. The average molecular weight is 419 g/mol. The van der Waals surface area contributed by atoms with Gasteiger partial charge in [0.05, 0.1) is 11.4 Å². The fourth-order valence-corrected chi connectivity index (χ4v) is 3.76. The quantitative estimate of drug-likeness (QED) is 0.639. The molecular formula is C21H26N2O5S. The third kappa shape index (κ3) is 5.71. The molecule has 0 saturated carbocycles. The van der Waals surface area contributed by atoms with Gasteiger partial charge in [0, 0.05) is 18.4 Å². The number of aryl methyl sites for hydroxylation is 1. The minimum Gasteiger partial charge on any atom is -0.488 e. The molecule has 2 aromatic carbocycles. The molecule has 0 spiro atoms. The Morgan fingerprint density at radius 3 is 2.62 bits per heavy atom. The van der Waals surface area contributed by atoms with Crippen molar-refractivity contribution < 1.29 is 22.7 Å². The second-order valence-electron chi connectivity index (χ2n) is 7.67. The first-order valence-corrected chi connectivity index (χ1v) is 11.0. The van der Waals surface area contributed by atoms with Crippen molar-refractivity contribution in [2.24, 2.45) is 5.14 Å². The van der Waals surface area contributed by atoms with Crippen molar-refractivity contribution >= 4 is 15.9 Å². The van der Waals surface area contributed by atoms with E-state index in [0.29, 0.717) is 31.7 Å². The second-order valence-corrected chi connectivity index (χ2v) is 9.23. The summed E-state index contributed by atoms with van der Waals surface area (Å²) in [5.41, 5.74) is 1.76. The zero-order valence-electron chi connectivity index (χ0n) is 16.6. The molecule has 0 fully saturated rings. The number of carbonyl (C=O) groups is 1. The first-order chi connectivity index (χ1) is 13.6. The van der Waals surface area contributed by atoms with Crippen LogP contribution < -0.4 is 19.9 Å². The first kappa shape index (κ1) is 21.1. The smallest absolute Gasteiger partial charge is 0.238 e. The Labute approximate surface area is 171 Å². The molecule has 0 saturated heterocycles. The largest absolute Gasteiger partial charge is 0.488 e. The van der Waals surface area contributed by atoms with Gasteiger partial charge in [-0.05, 0) is 44.0 Å². The maximum Gasteiger partial charge on any atom is 0.238 e. The van der Waals surface area contributed by atoms with Crippen LogP contribution in [0.15, 0.2) is 47.4 Å². The van der Waals surface area contributed by atoms with Crippen molar-refractivity contribution in [3.05, 3.63) is 53.6 Å². The molecule has 2 aromatic rings. The molecule has 0 atom stereocenters. The zero-order valence-corrected chi connectivity index (χ0v) is 17.4. The van der Waals surface area contributed by atoms with E-state index in [1.165, 1.54) is 12.1 Å². The number of hydrogen-bond acceptors (Lipinski definition) is 5. The number of hydrogen-bond donors (Lipinski definition) is 2. The molecule has 1 aliphatic rings. The van der Waals surface area contributed by atoms with Gasteiger partial charge in [0.1, 0.15) is 12.2 Å². The van der Waals surface area contributed by atoms with Crippen LogP contribution in [0, 0.1) is 0 Å². The SMILES string of the molecule is CC1(C)Cc2cccc(OCCNC(=O)CCc3ccc(S(N)(=O)=O)cc3)c2O1. The number of sulfonamides is 1. The van der Waals surface area contributed by atoms with Crippen LogP contribution in [0.5, 0.6) is 11.5 Å². The van der Waals surface area contributed by atoms with E-state index in [4.69, 9.17) is 14.6 Å². The van der Waals surface area contributed by atoms with Gasteiger partial charge < -0.3 is 14.8 Å². The van der Waals surface area contributed by atoms with Gasteiger partial charge in [0.2, 0.25) is 15.9 Å². The van der Waals surface area contributed by atoms with Gasteiger partial charge in [-0.1, -0.05) is 24.3 Å². The molecule has 0 radical (unpaired) electrons. The van der Waals surface area contributed by atoms with E-state index in [-0.39, 0.29) is 16.4 Å². The topological polar surface area (TPSA) is 108 Å². The molecule has 0 aromatic heterocycles. The number of carbonyl (C=O) groups excluding carboxylic acids is 1. The van der Waals surface area contributed by atoms with E-state index in [2.05, 4.69) is 5.32 Å². The predicted octanol–water partition coefficient (Wildman–Crippen LogP) is 2.18. The van der Waals surface area contributed by atoms with Crippen molar-refractivity contribution in [2.45, 2.75) is 43.6 Å². The lowest BCUT2D eigenvalue weighted by Gasteiger charge is -2.18. The van der Waals surface area contributed by atoms with Crippen LogP contribution >= 0.6 is 0 Å². The lowest BCUT2D eigenvalue weighted by Crippen LogP contribution is -2.28. The minimum absolute atomic E-state index is 0.0580. The predicted molar refractivity (Wildman–Crippen MR) is 109 cm³/mol. The number of rotatable bonds is 8. The standard InChI is InChI=1S/C21H26N2O5S/c1-21(2)14-16-4-3-5-18(20(16)28-21)27-13-12-23-19(24)11-8-15-6-9-17(10-7-15)29(22,25)26/h3-7,9-10H,8,11-14H2,1-2H3,(H,23,24)(H2,22,25,26). The Bertz CT molecular complexity index is 985. The van der Waals surface area contributed by atoms with Crippen LogP contribution in [-0.4, -0.2) is 33.1 Å². The van der Waals surface area contributed by atoms with Gasteiger partial charge in [0.15, 0.2) is 11.5 Å². The van der Waals surface area contributed by atoms with Gasteiger partial charge in [-0.15, -0.1) is 0 Å². The van der Waals surface area contributed by atoms with E-state index in [1.54, 1.807) is 12.1 Å². The highest BCUT2D eigenvalue weighted by molar-refractivity contribution is 7.89. The number of fused-ring (bicyclic) bond motifs is 1. The van der Waals surface area contributed by atoms with E-state index < -0.39 is 10.0 Å². The number of amides is 1. The monoisotopic (exact) mass is 418 g/mol. The van der Waals surface area contributed by atoms with Gasteiger partial charge in [-0.3, -0.25) is 4.79 Å². The van der Waals surface area contributed by atoms with E-state index >= 15 is 0 Å². The average Bonchev–Trinajstić information content (AvgIpc) is 2.97. The van der Waals surface area contributed by atoms with Crippen molar-refractivity contribution in [1.29, 1.82) is 0 Å². The zero-order chi connectivity index (χ0) is 21.1. The summed E-state index contributed by atoms with van der Waals surface area (Å²) in [7, 11) is -3.70. The van der Waals surface area contributed by atoms with Crippen LogP contribution in [0.25, 0.3) is 0 Å². The van der Waals surface area contributed by atoms with Crippen LogP contribution in [0.2, 0.25) is 0 Å². The van der Waals surface area contributed by atoms with Crippen molar-refractivity contribution in [3.8, 4) is 11.5 Å². The fraction of sp³-hybridized carbons (Fsp3) is 0.381. The Kier molecular flexibility index (Phi) is 6.14. The molecular weight excluding hydrogens is 392 g/mol. The summed E-state index contributed by atoms with van der Waals surface area (Å²) in [4.78, 5) is 12.1. The highest BCUT2D eigenvalue weighted by Crippen LogP contribution is 2.41. The number of ether oxygens (including phenoxy) is 2. The Balaban J connectivity index is 1.41. The highest BCUT2D eigenvalue weighted by atomic mass is 32.2. The molecule has 1 amide bonds. The summed E-state index contributed by atoms with van der Waals surface area (Å²) in [6, 6.07) is 12.1. The third-order valence-electron chi connectivity index (χ3n) is 4.63. The van der Waals surface area contributed by atoms with Gasteiger partial charge in [0.25, 0.3) is 0 Å². The van der Waals surface area contributed by atoms with Gasteiger partial charge in [-0.2, -0.15) is 0 Å². The lowest BCUT2D eigenvalue weighted by atomic mass is 10.0. The number of nitrogens with one attached hydrogen (secondary N) is 1. The Hall–Kier alpha value is -2.58. The molecule has 0 bridgehead atoms. The Morgan fingerprint density at radius 1 is 1.21 bits per heavy atom. The second kappa shape index (κ2) is 8.42. The molecule has 1 aliphatic heterocycles. The molecule has 1 heterocycles. The maximum absolute atomic E-state index is 12.0. The summed E-state index contributed by atoms with van der Waals surface area (Å²) >= 11 is 0. The number of benzene rings is 2. The summed E-state index contributed by atoms with van der Waals surface area (Å²) in [6.45, 7) is 4.81. The summed E-state index contributed by atoms with van der Waals surface area (Å²) in [5.74, 6) is 1.38. The molecule has 7 nitrogen and oxygen atoms in total. The summed E-state index contributed by atoms with van der Waals surface area (Å²) in [6.07, 6.45) is 1.65. The molecule has 0 unspecified atom stereocenters. The van der Waals surface area contributed by atoms with E-state index in [9.17, 15) is 13.2 Å². The summed E-state index contributed by atoms with van der Waals surface area (Å²) < 4.78 is 34.2. The molecule has 3 rings (SSSR count). The first-order valence-electron chi connectivity index (χ1n) is 9.46. The van der Waals surface area contributed by atoms with Crippen LogP contribution in [0.1, 0.15) is 31.4 Å². The van der Waals surface area contributed by atoms with E-state index in [0.717, 1.165) is 23.3 Å².